The SMILES string of the molecule is [B]C(O)(c1cccc(C(N)=O)c1)N1CC(n2ncc3c2C(CC)N(C)c2c(NC(/C=C(\N)NC(=O)C4CC4)=C(/N)C(=O)NC4CC4)cccc2-3)C1. The molecule has 2 unspecified atom stereocenters. The number of para-hydroxylation sites is 1. The lowest BCUT2D eigenvalue weighted by Crippen LogP contribution is -2.59. The van der Waals surface area contributed by atoms with Crippen LogP contribution in [0.15, 0.2) is 72.0 Å². The molecule has 2 aliphatic heterocycles. The van der Waals surface area contributed by atoms with E-state index in [-0.39, 0.29) is 52.7 Å². The van der Waals surface area contributed by atoms with Gasteiger partial charge in [-0.05, 0) is 55.9 Å². The molecule has 0 bridgehead atoms. The fourth-order valence-corrected chi connectivity index (χ4v) is 6.94. The molecule has 264 valence electrons. The van der Waals surface area contributed by atoms with E-state index < -0.39 is 17.4 Å². The highest BCUT2D eigenvalue weighted by atomic mass is 16.3. The topological polar surface area (TPSA) is 210 Å². The van der Waals surface area contributed by atoms with Crippen LogP contribution in [0.3, 0.4) is 0 Å². The predicted octanol–water partition coefficient (Wildman–Crippen LogP) is 1.57. The van der Waals surface area contributed by atoms with Crippen LogP contribution in [0.2, 0.25) is 0 Å². The standard InChI is InChI=1S/C36H43BN10O4/c1-3-28-32-25(16-41-47(32)23-17-46(18-23)36(37,51)21-7-4-6-20(14-21)33(40)48)24-8-5-9-26(31(24)45(28)2)43-27(30(39)35(50)42-22-12-13-22)15-29(38)44-34(49)19-10-11-19/h4-9,14-16,19,22-23,28,43,51H,3,10-13,17-18,38-39H2,1-2H3,(H2,40,48)(H,42,50)(H,44,49)/b29-15+,30-27+. The Labute approximate surface area is 297 Å². The van der Waals surface area contributed by atoms with E-state index in [0.29, 0.717) is 24.3 Å². The number of hydrogen-bond donors (Lipinski definition) is 7. The van der Waals surface area contributed by atoms with E-state index in [9.17, 15) is 19.5 Å². The molecule has 2 atom stereocenters. The third kappa shape index (κ3) is 6.54. The summed E-state index contributed by atoms with van der Waals surface area (Å²) in [6, 6.07) is 12.2. The van der Waals surface area contributed by atoms with Gasteiger partial charge in [-0.1, -0.05) is 31.2 Å². The maximum atomic E-state index is 13.1. The second kappa shape index (κ2) is 13.1. The largest absolute Gasteiger partial charge is 0.393 e. The third-order valence-electron chi connectivity index (χ3n) is 10.2. The Kier molecular flexibility index (Phi) is 8.80. The number of fused-ring (bicyclic) bond motifs is 3. The summed E-state index contributed by atoms with van der Waals surface area (Å²) in [6.07, 6.45) is 7.57. The van der Waals surface area contributed by atoms with Gasteiger partial charge in [-0.2, -0.15) is 5.10 Å². The fraction of sp³-hybridized carbons (Fsp3) is 0.389. The molecular formula is C36H43BN10O4. The molecule has 3 heterocycles. The maximum absolute atomic E-state index is 13.1. The Morgan fingerprint density at radius 2 is 1.78 bits per heavy atom. The van der Waals surface area contributed by atoms with Crippen molar-refractivity contribution in [3.8, 4) is 11.1 Å². The molecule has 15 heteroatoms. The van der Waals surface area contributed by atoms with Crippen LogP contribution in [0.25, 0.3) is 11.1 Å². The van der Waals surface area contributed by atoms with Crippen molar-refractivity contribution in [2.24, 2.45) is 23.1 Å². The van der Waals surface area contributed by atoms with Gasteiger partial charge in [0, 0.05) is 54.9 Å². The number of likely N-dealkylation sites (tertiary alicyclic amines) is 1. The summed E-state index contributed by atoms with van der Waals surface area (Å²) in [5.74, 6) is -1.12. The molecule has 3 fully saturated rings. The van der Waals surface area contributed by atoms with Crippen LogP contribution in [0.5, 0.6) is 0 Å². The highest BCUT2D eigenvalue weighted by Crippen LogP contribution is 2.50. The first-order chi connectivity index (χ1) is 24.4. The molecule has 1 saturated heterocycles. The minimum Gasteiger partial charge on any atom is -0.393 e. The first kappa shape index (κ1) is 34.2. The number of aromatic nitrogens is 2. The van der Waals surface area contributed by atoms with E-state index in [1.165, 1.54) is 12.1 Å². The number of carbonyl (C=O) groups excluding carboxylic acids is 3. The van der Waals surface area contributed by atoms with Gasteiger partial charge in [0.15, 0.2) is 0 Å². The molecule has 1 aromatic heterocycles. The van der Waals surface area contributed by atoms with Crippen molar-refractivity contribution in [1.29, 1.82) is 0 Å². The molecule has 2 aromatic carbocycles. The number of rotatable bonds is 12. The minimum atomic E-state index is -1.80. The first-order valence-corrected chi connectivity index (χ1v) is 17.3. The van der Waals surface area contributed by atoms with E-state index in [1.807, 2.05) is 36.1 Å². The molecule has 2 radical (unpaired) electrons. The van der Waals surface area contributed by atoms with Gasteiger partial charge >= 0.3 is 0 Å². The van der Waals surface area contributed by atoms with E-state index >= 15 is 0 Å². The van der Waals surface area contributed by atoms with Crippen molar-refractivity contribution in [2.75, 3.05) is 30.4 Å². The molecule has 4 aliphatic rings. The van der Waals surface area contributed by atoms with Gasteiger partial charge in [-0.15, -0.1) is 0 Å². The second-order valence-corrected chi connectivity index (χ2v) is 13.9. The molecule has 2 aliphatic carbocycles. The fourth-order valence-electron chi connectivity index (χ4n) is 6.94. The van der Waals surface area contributed by atoms with Crippen molar-refractivity contribution in [3.05, 3.63) is 88.8 Å². The average Bonchev–Trinajstić information content (AvgIpc) is 4.02. The lowest BCUT2D eigenvalue weighted by molar-refractivity contribution is -0.121. The van der Waals surface area contributed by atoms with Gasteiger partial charge in [0.25, 0.3) is 5.91 Å². The van der Waals surface area contributed by atoms with E-state index in [0.717, 1.165) is 54.6 Å². The summed E-state index contributed by atoms with van der Waals surface area (Å²) in [6.45, 7) is 2.97. The van der Waals surface area contributed by atoms with Gasteiger partial charge in [0.05, 0.1) is 46.7 Å². The molecule has 10 N–H and O–H groups in total. The summed E-state index contributed by atoms with van der Waals surface area (Å²) in [5.41, 5.74) is 21.7. The highest BCUT2D eigenvalue weighted by molar-refractivity contribution is 6.14. The Bertz CT molecular complexity index is 1960. The van der Waals surface area contributed by atoms with Crippen LogP contribution in [-0.2, 0) is 15.2 Å². The van der Waals surface area contributed by atoms with Crippen LogP contribution < -0.4 is 38.1 Å². The number of amides is 3. The number of nitrogens with two attached hydrogens (primary N) is 3. The molecule has 0 spiro atoms. The predicted molar refractivity (Wildman–Crippen MR) is 193 cm³/mol. The molecule has 2 saturated carbocycles. The zero-order valence-electron chi connectivity index (χ0n) is 28.7. The van der Waals surface area contributed by atoms with Crippen LogP contribution >= 0.6 is 0 Å². The molecule has 7 rings (SSSR count). The van der Waals surface area contributed by atoms with Gasteiger partial charge in [0.1, 0.15) is 19.4 Å². The number of nitrogens with one attached hydrogen (secondary N) is 3. The monoisotopic (exact) mass is 690 g/mol. The number of nitrogens with zero attached hydrogens (tertiary/aromatic N) is 4. The first-order valence-electron chi connectivity index (χ1n) is 17.3. The average molecular weight is 691 g/mol. The summed E-state index contributed by atoms with van der Waals surface area (Å²) in [7, 11) is 8.43. The minimum absolute atomic E-state index is 0.0436. The Balaban J connectivity index is 1.18. The number of hydrogen-bond acceptors (Lipinski definition) is 10. The van der Waals surface area contributed by atoms with Gasteiger partial charge in [-0.25, -0.2) is 0 Å². The Morgan fingerprint density at radius 3 is 2.45 bits per heavy atom. The summed E-state index contributed by atoms with van der Waals surface area (Å²) < 4.78 is 2.02. The quantitative estimate of drug-likeness (QED) is 0.0829. The lowest BCUT2D eigenvalue weighted by atomic mass is 9.79. The Morgan fingerprint density at radius 1 is 1.06 bits per heavy atom. The lowest BCUT2D eigenvalue weighted by Gasteiger charge is -2.49. The third-order valence-corrected chi connectivity index (χ3v) is 10.2. The number of allylic oxidation sites excluding steroid dienone is 1. The zero-order chi connectivity index (χ0) is 36.2. The van der Waals surface area contributed by atoms with Crippen LogP contribution in [0.1, 0.15) is 72.7 Å². The number of benzene rings is 2. The second-order valence-electron chi connectivity index (χ2n) is 13.9. The zero-order valence-corrected chi connectivity index (χ0v) is 28.7. The maximum Gasteiger partial charge on any atom is 0.269 e. The van der Waals surface area contributed by atoms with Gasteiger partial charge in [0.2, 0.25) is 11.8 Å². The molecule has 3 amide bonds. The van der Waals surface area contributed by atoms with Crippen molar-refractivity contribution in [3.63, 3.8) is 0 Å². The van der Waals surface area contributed by atoms with Gasteiger partial charge < -0.3 is 43.2 Å². The number of carbonyl (C=O) groups is 3. The molecule has 3 aromatic rings. The van der Waals surface area contributed by atoms with Crippen molar-refractivity contribution in [1.82, 2.24) is 25.3 Å². The molecular weight excluding hydrogens is 647 g/mol. The normalized spacial score (nSPS) is 20.6. The Hall–Kier alpha value is -5.28. The van der Waals surface area contributed by atoms with E-state index in [2.05, 4.69) is 27.8 Å². The summed E-state index contributed by atoms with van der Waals surface area (Å²) in [5, 5.41) is 25.2. The van der Waals surface area contributed by atoms with Crippen LogP contribution in [-0.4, -0.2) is 71.5 Å². The highest BCUT2D eigenvalue weighted by Gasteiger charge is 2.44. The molecule has 51 heavy (non-hydrogen) atoms. The van der Waals surface area contributed by atoms with Gasteiger partial charge in [-0.3, -0.25) is 24.0 Å². The van der Waals surface area contributed by atoms with Crippen LogP contribution in [0, 0.1) is 5.92 Å². The summed E-state index contributed by atoms with van der Waals surface area (Å²) in [4.78, 5) is 41.2. The smallest absolute Gasteiger partial charge is 0.269 e. The number of primary amides is 1. The van der Waals surface area contributed by atoms with Crippen LogP contribution in [0.4, 0.5) is 11.4 Å². The number of aliphatic hydroxyl groups is 1. The summed E-state index contributed by atoms with van der Waals surface area (Å²) >= 11 is 0. The number of anilines is 2. The van der Waals surface area contributed by atoms with Crippen molar-refractivity contribution >= 4 is 36.9 Å². The molecule has 14 nitrogen and oxygen atoms in total. The van der Waals surface area contributed by atoms with E-state index in [1.54, 1.807) is 23.1 Å². The van der Waals surface area contributed by atoms with Crippen molar-refractivity contribution < 1.29 is 19.5 Å². The van der Waals surface area contributed by atoms with Crippen molar-refractivity contribution in [2.45, 2.75) is 62.8 Å². The van der Waals surface area contributed by atoms with E-state index in [4.69, 9.17) is 30.1 Å².